The molecule has 0 aliphatic carbocycles. The molecule has 2 aliphatic heterocycles. The van der Waals surface area contributed by atoms with Crippen molar-refractivity contribution in [2.24, 2.45) is 0 Å². The van der Waals surface area contributed by atoms with Crippen molar-refractivity contribution in [1.29, 1.82) is 0 Å². The molecule has 94 valence electrons. The first-order chi connectivity index (χ1) is 7.48. The summed E-state index contributed by atoms with van der Waals surface area (Å²) in [5.74, 6) is 0. The van der Waals surface area contributed by atoms with Crippen LogP contribution in [0.25, 0.3) is 0 Å². The Bertz CT molecular complexity index is 240. The molecule has 3 nitrogen and oxygen atoms in total. The molecule has 2 aliphatic rings. The maximum absolute atomic E-state index is 10.1. The third-order valence-electron chi connectivity index (χ3n) is 4.15. The van der Waals surface area contributed by atoms with Crippen LogP contribution in [0.2, 0.25) is 0 Å². The van der Waals surface area contributed by atoms with Crippen LogP contribution in [0, 0.1) is 0 Å². The fourth-order valence-electron chi connectivity index (χ4n) is 3.11. The zero-order valence-electron chi connectivity index (χ0n) is 10.9. The Labute approximate surface area is 99.4 Å². The monoisotopic (exact) mass is 226 g/mol. The molecule has 2 rings (SSSR count). The lowest BCUT2D eigenvalue weighted by atomic mass is 9.94. The summed E-state index contributed by atoms with van der Waals surface area (Å²) in [7, 11) is 0. The summed E-state index contributed by atoms with van der Waals surface area (Å²) in [4.78, 5) is 5.06. The zero-order valence-corrected chi connectivity index (χ0v) is 10.9. The van der Waals surface area contributed by atoms with E-state index in [2.05, 4.69) is 23.6 Å². The van der Waals surface area contributed by atoms with Gasteiger partial charge in [-0.25, -0.2) is 0 Å². The molecule has 0 aromatic heterocycles. The molecular weight excluding hydrogens is 200 g/mol. The first kappa shape index (κ1) is 12.3. The van der Waals surface area contributed by atoms with E-state index in [1.54, 1.807) is 0 Å². The summed E-state index contributed by atoms with van der Waals surface area (Å²) in [6, 6.07) is 1.34. The largest absolute Gasteiger partial charge is 0.389 e. The standard InChI is InChI=1S/C13H26N2O/c1-11(2)14-8-5-12(9-14)15-7-4-6-13(3,16)10-15/h11-12,16H,4-10H2,1-3H3. The minimum absolute atomic E-state index is 0.455. The van der Waals surface area contributed by atoms with Gasteiger partial charge in [0.05, 0.1) is 5.60 Å². The average molecular weight is 226 g/mol. The van der Waals surface area contributed by atoms with Gasteiger partial charge in [0.15, 0.2) is 0 Å². The molecule has 2 heterocycles. The third-order valence-corrected chi connectivity index (χ3v) is 4.15. The van der Waals surface area contributed by atoms with Crippen molar-refractivity contribution in [1.82, 2.24) is 9.80 Å². The van der Waals surface area contributed by atoms with E-state index in [4.69, 9.17) is 0 Å². The van der Waals surface area contributed by atoms with Gasteiger partial charge in [-0.2, -0.15) is 0 Å². The van der Waals surface area contributed by atoms with E-state index in [-0.39, 0.29) is 0 Å². The van der Waals surface area contributed by atoms with Crippen molar-refractivity contribution in [3.8, 4) is 0 Å². The van der Waals surface area contributed by atoms with Crippen LogP contribution in [0.15, 0.2) is 0 Å². The summed E-state index contributed by atoms with van der Waals surface area (Å²) in [6.07, 6.45) is 3.38. The molecule has 0 amide bonds. The fraction of sp³-hybridized carbons (Fsp3) is 1.00. The third kappa shape index (κ3) is 2.76. The second-order valence-electron chi connectivity index (χ2n) is 6.10. The molecule has 16 heavy (non-hydrogen) atoms. The van der Waals surface area contributed by atoms with Crippen molar-refractivity contribution in [3.05, 3.63) is 0 Å². The van der Waals surface area contributed by atoms with Gasteiger partial charge in [0.1, 0.15) is 0 Å². The van der Waals surface area contributed by atoms with Gasteiger partial charge < -0.3 is 5.11 Å². The molecule has 2 atom stereocenters. The maximum Gasteiger partial charge on any atom is 0.0746 e. The highest BCUT2D eigenvalue weighted by atomic mass is 16.3. The molecule has 2 saturated heterocycles. The van der Waals surface area contributed by atoms with Crippen LogP contribution in [0.3, 0.4) is 0 Å². The van der Waals surface area contributed by atoms with E-state index in [0.29, 0.717) is 12.1 Å². The van der Waals surface area contributed by atoms with E-state index >= 15 is 0 Å². The summed E-state index contributed by atoms with van der Waals surface area (Å²) >= 11 is 0. The van der Waals surface area contributed by atoms with Crippen LogP contribution in [0.1, 0.15) is 40.0 Å². The average Bonchev–Trinajstić information content (AvgIpc) is 2.64. The number of hydrogen-bond acceptors (Lipinski definition) is 3. The Balaban J connectivity index is 1.89. The molecule has 0 radical (unpaired) electrons. The first-order valence-corrected chi connectivity index (χ1v) is 6.68. The fourth-order valence-corrected chi connectivity index (χ4v) is 3.11. The number of β-amino-alcohol motifs (C(OH)–C–C–N with tert-alkyl or cyclic N) is 1. The molecule has 3 heteroatoms. The van der Waals surface area contributed by atoms with Crippen molar-refractivity contribution in [3.63, 3.8) is 0 Å². The number of nitrogens with zero attached hydrogens (tertiary/aromatic N) is 2. The van der Waals surface area contributed by atoms with Crippen LogP contribution in [0.4, 0.5) is 0 Å². The SMILES string of the molecule is CC(C)N1CCC(N2CCCC(C)(O)C2)C1. The van der Waals surface area contributed by atoms with Gasteiger partial charge in [0.25, 0.3) is 0 Å². The molecule has 0 aromatic rings. The molecule has 2 unspecified atom stereocenters. The smallest absolute Gasteiger partial charge is 0.0746 e. The Morgan fingerprint density at radius 2 is 2.06 bits per heavy atom. The van der Waals surface area contributed by atoms with Gasteiger partial charge in [-0.1, -0.05) is 0 Å². The van der Waals surface area contributed by atoms with Crippen LogP contribution < -0.4 is 0 Å². The molecule has 0 saturated carbocycles. The topological polar surface area (TPSA) is 26.7 Å². The van der Waals surface area contributed by atoms with E-state index < -0.39 is 5.60 Å². The van der Waals surface area contributed by atoms with Crippen molar-refractivity contribution >= 4 is 0 Å². The van der Waals surface area contributed by atoms with Crippen LogP contribution >= 0.6 is 0 Å². The van der Waals surface area contributed by atoms with Crippen molar-refractivity contribution in [2.45, 2.75) is 57.7 Å². The highest BCUT2D eigenvalue weighted by Gasteiger charge is 2.35. The minimum Gasteiger partial charge on any atom is -0.389 e. The molecular formula is C13H26N2O. The number of hydrogen-bond donors (Lipinski definition) is 1. The number of rotatable bonds is 2. The number of likely N-dealkylation sites (tertiary alicyclic amines) is 2. The Kier molecular flexibility index (Phi) is 3.57. The highest BCUT2D eigenvalue weighted by molar-refractivity contribution is 4.91. The van der Waals surface area contributed by atoms with E-state index in [1.807, 2.05) is 6.92 Å². The highest BCUT2D eigenvalue weighted by Crippen LogP contribution is 2.26. The molecule has 2 fully saturated rings. The van der Waals surface area contributed by atoms with Crippen LogP contribution in [-0.2, 0) is 0 Å². The predicted molar refractivity (Wildman–Crippen MR) is 66.5 cm³/mol. The van der Waals surface area contributed by atoms with Gasteiger partial charge in [0, 0.05) is 31.7 Å². The Hall–Kier alpha value is -0.120. The first-order valence-electron chi connectivity index (χ1n) is 6.68. The van der Waals surface area contributed by atoms with E-state index in [0.717, 1.165) is 19.4 Å². The quantitative estimate of drug-likeness (QED) is 0.769. The molecule has 0 aromatic carbocycles. The van der Waals surface area contributed by atoms with Crippen LogP contribution in [0.5, 0.6) is 0 Å². The van der Waals surface area contributed by atoms with Gasteiger partial charge in [-0.3, -0.25) is 9.80 Å². The van der Waals surface area contributed by atoms with E-state index in [1.165, 1.54) is 26.1 Å². The molecule has 0 spiro atoms. The van der Waals surface area contributed by atoms with Gasteiger partial charge >= 0.3 is 0 Å². The summed E-state index contributed by atoms with van der Waals surface area (Å²) in [5, 5.41) is 10.1. The summed E-state index contributed by atoms with van der Waals surface area (Å²) in [6.45, 7) is 11.0. The molecule has 0 bridgehead atoms. The van der Waals surface area contributed by atoms with Crippen LogP contribution in [-0.4, -0.2) is 58.8 Å². The number of piperidine rings is 1. The van der Waals surface area contributed by atoms with Gasteiger partial charge in [0.2, 0.25) is 0 Å². The Morgan fingerprint density at radius 3 is 2.62 bits per heavy atom. The van der Waals surface area contributed by atoms with E-state index in [9.17, 15) is 5.11 Å². The number of aliphatic hydroxyl groups is 1. The second kappa shape index (κ2) is 4.63. The molecule has 1 N–H and O–H groups in total. The summed E-state index contributed by atoms with van der Waals surface area (Å²) < 4.78 is 0. The summed E-state index contributed by atoms with van der Waals surface area (Å²) in [5.41, 5.74) is -0.455. The second-order valence-corrected chi connectivity index (χ2v) is 6.10. The lowest BCUT2D eigenvalue weighted by Gasteiger charge is -2.40. The van der Waals surface area contributed by atoms with Crippen molar-refractivity contribution in [2.75, 3.05) is 26.2 Å². The normalized spacial score (nSPS) is 38.4. The van der Waals surface area contributed by atoms with Crippen molar-refractivity contribution < 1.29 is 5.11 Å². The minimum atomic E-state index is -0.455. The lowest BCUT2D eigenvalue weighted by Crippen LogP contribution is -2.51. The van der Waals surface area contributed by atoms with Gasteiger partial charge in [-0.15, -0.1) is 0 Å². The Morgan fingerprint density at radius 1 is 1.31 bits per heavy atom. The maximum atomic E-state index is 10.1. The zero-order chi connectivity index (χ0) is 11.8. The predicted octanol–water partition coefficient (Wildman–Crippen LogP) is 1.32. The lowest BCUT2D eigenvalue weighted by molar-refractivity contribution is -0.0288. The van der Waals surface area contributed by atoms with Gasteiger partial charge in [-0.05, 0) is 46.6 Å².